The topological polar surface area (TPSA) is 64.1 Å². The molecule has 0 saturated carbocycles. The SMILES string of the molecule is COc1ccc(-n2c(=O)cc(Cl)[nH]c2=O)c(C)c1. The van der Waals surface area contributed by atoms with E-state index >= 15 is 0 Å². The van der Waals surface area contributed by atoms with Crippen LogP contribution >= 0.6 is 11.6 Å². The molecule has 0 radical (unpaired) electrons. The number of aromatic amines is 1. The van der Waals surface area contributed by atoms with Crippen LogP contribution in [0.25, 0.3) is 5.69 Å². The third-order valence-electron chi connectivity index (χ3n) is 2.54. The van der Waals surface area contributed by atoms with E-state index in [1.54, 1.807) is 32.2 Å². The first kappa shape index (κ1) is 12.4. The molecule has 0 atom stereocenters. The number of nitrogens with one attached hydrogen (secondary N) is 1. The number of hydrogen-bond acceptors (Lipinski definition) is 3. The number of ether oxygens (including phenoxy) is 1. The number of H-pyrrole nitrogens is 1. The molecule has 0 aliphatic carbocycles. The van der Waals surface area contributed by atoms with Crippen molar-refractivity contribution in [1.29, 1.82) is 0 Å². The van der Waals surface area contributed by atoms with E-state index in [1.807, 2.05) is 0 Å². The van der Waals surface area contributed by atoms with Crippen LogP contribution in [0.4, 0.5) is 0 Å². The van der Waals surface area contributed by atoms with Crippen LogP contribution in [0, 0.1) is 6.92 Å². The van der Waals surface area contributed by atoms with Gasteiger partial charge in [-0.05, 0) is 30.7 Å². The Bertz CT molecular complexity index is 672. The van der Waals surface area contributed by atoms with E-state index in [-0.39, 0.29) is 5.15 Å². The maximum absolute atomic E-state index is 11.8. The largest absolute Gasteiger partial charge is 0.497 e. The van der Waals surface area contributed by atoms with Crippen LogP contribution in [0.1, 0.15) is 5.56 Å². The van der Waals surface area contributed by atoms with Gasteiger partial charge in [-0.15, -0.1) is 0 Å². The number of rotatable bonds is 2. The first-order chi connectivity index (χ1) is 8.52. The molecule has 0 fully saturated rings. The number of aryl methyl sites for hydroxylation is 1. The van der Waals surface area contributed by atoms with Crippen molar-refractivity contribution < 1.29 is 4.74 Å². The third-order valence-corrected chi connectivity index (χ3v) is 2.75. The predicted molar refractivity (Wildman–Crippen MR) is 69.0 cm³/mol. The zero-order valence-corrected chi connectivity index (χ0v) is 10.6. The molecule has 2 rings (SSSR count). The van der Waals surface area contributed by atoms with Crippen molar-refractivity contribution in [2.24, 2.45) is 0 Å². The highest BCUT2D eigenvalue weighted by molar-refractivity contribution is 6.29. The molecule has 2 aromatic rings. The van der Waals surface area contributed by atoms with Crippen LogP contribution in [-0.4, -0.2) is 16.7 Å². The molecule has 94 valence electrons. The molecular weight excluding hydrogens is 256 g/mol. The Balaban J connectivity index is 2.70. The van der Waals surface area contributed by atoms with Crippen molar-refractivity contribution in [2.75, 3.05) is 7.11 Å². The van der Waals surface area contributed by atoms with Crippen LogP contribution < -0.4 is 16.0 Å². The van der Waals surface area contributed by atoms with Gasteiger partial charge in [0.15, 0.2) is 0 Å². The van der Waals surface area contributed by atoms with Gasteiger partial charge in [0.05, 0.1) is 12.8 Å². The van der Waals surface area contributed by atoms with Crippen molar-refractivity contribution in [3.63, 3.8) is 0 Å². The maximum atomic E-state index is 11.8. The van der Waals surface area contributed by atoms with E-state index in [4.69, 9.17) is 16.3 Å². The Hall–Kier alpha value is -2.01. The summed E-state index contributed by atoms with van der Waals surface area (Å²) in [6, 6.07) is 6.24. The summed E-state index contributed by atoms with van der Waals surface area (Å²) in [4.78, 5) is 25.9. The normalized spacial score (nSPS) is 10.4. The monoisotopic (exact) mass is 266 g/mol. The Morgan fingerprint density at radius 1 is 1.28 bits per heavy atom. The van der Waals surface area contributed by atoms with Crippen molar-refractivity contribution in [3.8, 4) is 11.4 Å². The molecule has 0 spiro atoms. The lowest BCUT2D eigenvalue weighted by Crippen LogP contribution is -2.33. The molecule has 1 aromatic carbocycles. The van der Waals surface area contributed by atoms with E-state index < -0.39 is 11.2 Å². The quantitative estimate of drug-likeness (QED) is 0.838. The van der Waals surface area contributed by atoms with E-state index in [9.17, 15) is 9.59 Å². The van der Waals surface area contributed by atoms with Crippen LogP contribution in [0.3, 0.4) is 0 Å². The van der Waals surface area contributed by atoms with Gasteiger partial charge in [-0.1, -0.05) is 11.6 Å². The molecule has 0 saturated heterocycles. The van der Waals surface area contributed by atoms with E-state index in [2.05, 4.69) is 4.98 Å². The summed E-state index contributed by atoms with van der Waals surface area (Å²) in [6.07, 6.45) is 0. The second-order valence-corrected chi connectivity index (χ2v) is 4.16. The number of hydrogen-bond donors (Lipinski definition) is 1. The minimum Gasteiger partial charge on any atom is -0.497 e. The summed E-state index contributed by atoms with van der Waals surface area (Å²) in [6.45, 7) is 1.79. The van der Waals surface area contributed by atoms with Gasteiger partial charge >= 0.3 is 5.69 Å². The molecule has 1 aromatic heterocycles. The zero-order valence-electron chi connectivity index (χ0n) is 9.86. The molecule has 5 nitrogen and oxygen atoms in total. The van der Waals surface area contributed by atoms with Crippen molar-refractivity contribution >= 4 is 11.6 Å². The standard InChI is InChI=1S/C12H11ClN2O3/c1-7-5-8(18-2)3-4-9(7)15-11(16)6-10(13)14-12(15)17/h3-6H,1-2H3,(H,14,17). The molecule has 1 N–H and O–H groups in total. The van der Waals surface area contributed by atoms with Crippen molar-refractivity contribution in [3.05, 3.63) is 55.8 Å². The fourth-order valence-electron chi connectivity index (χ4n) is 1.70. The van der Waals surface area contributed by atoms with Gasteiger partial charge in [-0.25, -0.2) is 9.36 Å². The number of nitrogens with zero attached hydrogens (tertiary/aromatic N) is 1. The molecule has 1 heterocycles. The highest BCUT2D eigenvalue weighted by Crippen LogP contribution is 2.18. The Kier molecular flexibility index (Phi) is 3.25. The minimum atomic E-state index is -0.569. The third kappa shape index (κ3) is 2.17. The van der Waals surface area contributed by atoms with E-state index in [0.717, 1.165) is 16.2 Å². The average molecular weight is 267 g/mol. The lowest BCUT2D eigenvalue weighted by atomic mass is 10.2. The lowest BCUT2D eigenvalue weighted by Gasteiger charge is -2.09. The summed E-state index contributed by atoms with van der Waals surface area (Å²) in [5.41, 5.74) is 0.209. The first-order valence-corrected chi connectivity index (χ1v) is 5.57. The predicted octanol–water partition coefficient (Wildman–Crippen LogP) is 1.50. The Morgan fingerprint density at radius 2 is 2.00 bits per heavy atom. The smallest absolute Gasteiger partial charge is 0.334 e. The van der Waals surface area contributed by atoms with E-state index in [1.165, 1.54) is 0 Å². The second-order valence-electron chi connectivity index (χ2n) is 3.75. The zero-order chi connectivity index (χ0) is 13.3. The molecular formula is C12H11ClN2O3. The fraction of sp³-hybridized carbons (Fsp3) is 0.167. The fourth-order valence-corrected chi connectivity index (χ4v) is 1.88. The molecule has 18 heavy (non-hydrogen) atoms. The van der Waals surface area contributed by atoms with Gasteiger partial charge in [0, 0.05) is 6.07 Å². The summed E-state index contributed by atoms with van der Waals surface area (Å²) >= 11 is 5.61. The Morgan fingerprint density at radius 3 is 2.56 bits per heavy atom. The number of methoxy groups -OCH3 is 1. The van der Waals surface area contributed by atoms with Crippen LogP contribution in [0.5, 0.6) is 5.75 Å². The summed E-state index contributed by atoms with van der Waals surface area (Å²) < 4.78 is 6.10. The van der Waals surface area contributed by atoms with Crippen molar-refractivity contribution in [1.82, 2.24) is 9.55 Å². The van der Waals surface area contributed by atoms with Gasteiger partial charge < -0.3 is 4.74 Å². The Labute approximate surface area is 108 Å². The van der Waals surface area contributed by atoms with Crippen LogP contribution in [0.15, 0.2) is 33.9 Å². The highest BCUT2D eigenvalue weighted by atomic mass is 35.5. The van der Waals surface area contributed by atoms with Crippen LogP contribution in [0.2, 0.25) is 5.15 Å². The summed E-state index contributed by atoms with van der Waals surface area (Å²) in [7, 11) is 1.55. The summed E-state index contributed by atoms with van der Waals surface area (Å²) in [5.74, 6) is 0.662. The highest BCUT2D eigenvalue weighted by Gasteiger charge is 2.09. The average Bonchev–Trinajstić information content (AvgIpc) is 2.29. The number of benzene rings is 1. The lowest BCUT2D eigenvalue weighted by molar-refractivity contribution is 0.414. The van der Waals surface area contributed by atoms with Crippen LogP contribution in [-0.2, 0) is 0 Å². The number of aromatic nitrogens is 2. The molecule has 0 amide bonds. The number of halogens is 1. The molecule has 0 unspecified atom stereocenters. The first-order valence-electron chi connectivity index (χ1n) is 5.20. The molecule has 0 aliphatic heterocycles. The van der Waals surface area contributed by atoms with Crippen molar-refractivity contribution in [2.45, 2.75) is 6.92 Å². The van der Waals surface area contributed by atoms with E-state index in [0.29, 0.717) is 11.4 Å². The van der Waals surface area contributed by atoms with Gasteiger partial charge in [-0.3, -0.25) is 9.78 Å². The molecule has 0 bridgehead atoms. The molecule has 0 aliphatic rings. The minimum absolute atomic E-state index is 0.0208. The maximum Gasteiger partial charge on any atom is 0.334 e. The van der Waals surface area contributed by atoms with Gasteiger partial charge in [0.2, 0.25) is 0 Å². The van der Waals surface area contributed by atoms with Gasteiger partial charge in [0.25, 0.3) is 5.56 Å². The summed E-state index contributed by atoms with van der Waals surface area (Å²) in [5, 5.41) is 0.0208. The second kappa shape index (κ2) is 4.70. The van der Waals surface area contributed by atoms with Gasteiger partial charge in [0.1, 0.15) is 10.9 Å². The molecule has 6 heteroatoms. The van der Waals surface area contributed by atoms with Gasteiger partial charge in [-0.2, -0.15) is 0 Å².